The van der Waals surface area contributed by atoms with Crippen LogP contribution in [0.5, 0.6) is 0 Å². The van der Waals surface area contributed by atoms with Crippen LogP contribution in [0, 0.1) is 0 Å². The van der Waals surface area contributed by atoms with Crippen molar-refractivity contribution in [3.63, 3.8) is 0 Å². The molecule has 1 aliphatic rings. The van der Waals surface area contributed by atoms with E-state index < -0.39 is 5.97 Å². The van der Waals surface area contributed by atoms with Crippen LogP contribution >= 0.6 is 0 Å². The zero-order chi connectivity index (χ0) is 17.2. The van der Waals surface area contributed by atoms with E-state index in [1.165, 1.54) is 0 Å². The number of aromatic carboxylic acids is 1. The topological polar surface area (TPSA) is 84.4 Å². The standard InChI is InChI=1S/C19H16N2O4/c22-18(23)15-7-2-1-6-14(15)17-11-16(20-21-17)12-4-3-5-13(10-12)19-24-8-9-25-19/h1-7,10-11,19H,8-9H2,(H,20,21)(H,22,23). The Bertz CT molecular complexity index is 913. The maximum Gasteiger partial charge on any atom is 0.336 e. The molecule has 126 valence electrons. The highest BCUT2D eigenvalue weighted by molar-refractivity contribution is 5.95. The lowest BCUT2D eigenvalue weighted by Crippen LogP contribution is -1.99. The van der Waals surface area contributed by atoms with Crippen LogP contribution in [-0.2, 0) is 9.47 Å². The van der Waals surface area contributed by atoms with E-state index in [2.05, 4.69) is 10.2 Å². The van der Waals surface area contributed by atoms with Gasteiger partial charge in [0.15, 0.2) is 6.29 Å². The first-order chi connectivity index (χ1) is 12.2. The lowest BCUT2D eigenvalue weighted by atomic mass is 10.0. The van der Waals surface area contributed by atoms with Crippen LogP contribution in [-0.4, -0.2) is 34.5 Å². The second kappa shape index (κ2) is 6.51. The van der Waals surface area contributed by atoms with Gasteiger partial charge in [0, 0.05) is 16.7 Å². The molecule has 1 aliphatic heterocycles. The van der Waals surface area contributed by atoms with Gasteiger partial charge in [0.25, 0.3) is 0 Å². The van der Waals surface area contributed by atoms with Gasteiger partial charge in [0.2, 0.25) is 0 Å². The van der Waals surface area contributed by atoms with Crippen LogP contribution in [0.1, 0.15) is 22.2 Å². The first kappa shape index (κ1) is 15.6. The van der Waals surface area contributed by atoms with Crippen molar-refractivity contribution in [2.24, 2.45) is 0 Å². The van der Waals surface area contributed by atoms with E-state index in [4.69, 9.17) is 9.47 Å². The van der Waals surface area contributed by atoms with Crippen molar-refractivity contribution in [1.82, 2.24) is 10.2 Å². The molecule has 0 bridgehead atoms. The van der Waals surface area contributed by atoms with Gasteiger partial charge in [-0.1, -0.05) is 36.4 Å². The van der Waals surface area contributed by atoms with Crippen LogP contribution in [0.2, 0.25) is 0 Å². The van der Waals surface area contributed by atoms with Crippen molar-refractivity contribution in [1.29, 1.82) is 0 Å². The number of rotatable bonds is 4. The van der Waals surface area contributed by atoms with Crippen LogP contribution < -0.4 is 0 Å². The van der Waals surface area contributed by atoms with Gasteiger partial charge in [-0.2, -0.15) is 5.10 Å². The van der Waals surface area contributed by atoms with Gasteiger partial charge in [-0.05, 0) is 18.2 Å². The highest BCUT2D eigenvalue weighted by Gasteiger charge is 2.19. The zero-order valence-corrected chi connectivity index (χ0v) is 13.3. The summed E-state index contributed by atoms with van der Waals surface area (Å²) in [7, 11) is 0. The fourth-order valence-corrected chi connectivity index (χ4v) is 2.91. The normalized spacial score (nSPS) is 14.7. The first-order valence-corrected chi connectivity index (χ1v) is 7.94. The van der Waals surface area contributed by atoms with Crippen LogP contribution in [0.3, 0.4) is 0 Å². The third kappa shape index (κ3) is 3.05. The summed E-state index contributed by atoms with van der Waals surface area (Å²) in [5.41, 5.74) is 4.07. The molecule has 0 aliphatic carbocycles. The lowest BCUT2D eigenvalue weighted by Gasteiger charge is -2.09. The molecule has 6 nitrogen and oxygen atoms in total. The largest absolute Gasteiger partial charge is 0.478 e. The van der Waals surface area contributed by atoms with Crippen LogP contribution in [0.4, 0.5) is 0 Å². The number of ether oxygens (including phenoxy) is 2. The summed E-state index contributed by atoms with van der Waals surface area (Å²) in [4.78, 5) is 11.4. The number of carboxylic acid groups (broad SMARTS) is 1. The number of H-pyrrole nitrogens is 1. The smallest absolute Gasteiger partial charge is 0.336 e. The number of aromatic amines is 1. The maximum absolute atomic E-state index is 11.4. The average molecular weight is 336 g/mol. The van der Waals surface area contributed by atoms with Crippen molar-refractivity contribution >= 4 is 5.97 Å². The number of carbonyl (C=O) groups is 1. The molecule has 0 atom stereocenters. The highest BCUT2D eigenvalue weighted by atomic mass is 16.7. The maximum atomic E-state index is 11.4. The molecule has 2 aromatic carbocycles. The van der Waals surface area contributed by atoms with E-state index in [1.807, 2.05) is 30.3 Å². The van der Waals surface area contributed by atoms with Crippen LogP contribution in [0.15, 0.2) is 54.6 Å². The number of nitrogens with zero attached hydrogens (tertiary/aromatic N) is 1. The minimum Gasteiger partial charge on any atom is -0.478 e. The van der Waals surface area contributed by atoms with Crippen LogP contribution in [0.25, 0.3) is 22.5 Å². The number of nitrogens with one attached hydrogen (secondary N) is 1. The van der Waals surface area contributed by atoms with Gasteiger partial charge < -0.3 is 14.6 Å². The Balaban J connectivity index is 1.68. The van der Waals surface area contributed by atoms with E-state index in [9.17, 15) is 9.90 Å². The lowest BCUT2D eigenvalue weighted by molar-refractivity contribution is -0.0440. The Kier molecular flexibility index (Phi) is 4.05. The quantitative estimate of drug-likeness (QED) is 0.762. The first-order valence-electron chi connectivity index (χ1n) is 7.94. The van der Waals surface area contributed by atoms with Gasteiger partial charge >= 0.3 is 5.97 Å². The Hall–Kier alpha value is -2.96. The van der Waals surface area contributed by atoms with Crippen molar-refractivity contribution in [3.8, 4) is 22.5 Å². The van der Waals surface area contributed by atoms with Gasteiger partial charge in [0.05, 0.1) is 30.2 Å². The Morgan fingerprint density at radius 1 is 1.08 bits per heavy atom. The summed E-state index contributed by atoms with van der Waals surface area (Å²) in [6, 6.07) is 16.5. The van der Waals surface area contributed by atoms with Gasteiger partial charge in [-0.25, -0.2) is 4.79 Å². The molecule has 2 N–H and O–H groups in total. The predicted molar refractivity (Wildman–Crippen MR) is 91.1 cm³/mol. The summed E-state index contributed by atoms with van der Waals surface area (Å²) in [6.45, 7) is 1.18. The second-order valence-electron chi connectivity index (χ2n) is 5.72. The SMILES string of the molecule is O=C(O)c1ccccc1-c1cc(-c2cccc(C3OCCO3)c2)n[nH]1. The number of benzene rings is 2. The fourth-order valence-electron chi connectivity index (χ4n) is 2.91. The number of hydrogen-bond acceptors (Lipinski definition) is 4. The molecular weight excluding hydrogens is 320 g/mol. The molecule has 1 aromatic heterocycles. The van der Waals surface area contributed by atoms with Gasteiger partial charge in [-0.3, -0.25) is 5.10 Å². The fraction of sp³-hybridized carbons (Fsp3) is 0.158. The molecule has 2 heterocycles. The second-order valence-corrected chi connectivity index (χ2v) is 5.72. The number of aromatic nitrogens is 2. The van der Waals surface area contributed by atoms with Crippen molar-refractivity contribution in [2.45, 2.75) is 6.29 Å². The number of carboxylic acids is 1. The van der Waals surface area contributed by atoms with E-state index in [1.54, 1.807) is 24.3 Å². The Morgan fingerprint density at radius 2 is 1.88 bits per heavy atom. The minimum atomic E-state index is -0.968. The van der Waals surface area contributed by atoms with E-state index in [0.717, 1.165) is 16.8 Å². The summed E-state index contributed by atoms with van der Waals surface area (Å²) < 4.78 is 11.1. The number of hydrogen-bond donors (Lipinski definition) is 2. The molecule has 1 saturated heterocycles. The Morgan fingerprint density at radius 3 is 2.68 bits per heavy atom. The molecule has 0 saturated carbocycles. The summed E-state index contributed by atoms with van der Waals surface area (Å²) >= 11 is 0. The molecule has 6 heteroatoms. The molecule has 4 rings (SSSR count). The van der Waals surface area contributed by atoms with Gasteiger partial charge in [-0.15, -0.1) is 0 Å². The molecule has 0 unspecified atom stereocenters. The predicted octanol–water partition coefficient (Wildman–Crippen LogP) is 3.49. The third-order valence-electron chi connectivity index (χ3n) is 4.10. The molecule has 25 heavy (non-hydrogen) atoms. The summed E-state index contributed by atoms with van der Waals surface area (Å²) in [5, 5.41) is 16.6. The van der Waals surface area contributed by atoms with E-state index in [0.29, 0.717) is 24.5 Å². The Labute approximate surface area is 144 Å². The third-order valence-corrected chi connectivity index (χ3v) is 4.10. The van der Waals surface area contributed by atoms with Crippen molar-refractivity contribution < 1.29 is 19.4 Å². The van der Waals surface area contributed by atoms with Crippen molar-refractivity contribution in [3.05, 3.63) is 65.7 Å². The van der Waals surface area contributed by atoms with E-state index in [-0.39, 0.29) is 11.9 Å². The average Bonchev–Trinajstić information content (AvgIpc) is 3.34. The summed E-state index contributed by atoms with van der Waals surface area (Å²) in [5.74, 6) is -0.968. The zero-order valence-electron chi connectivity index (χ0n) is 13.3. The minimum absolute atomic E-state index is 0.235. The van der Waals surface area contributed by atoms with Crippen molar-refractivity contribution in [2.75, 3.05) is 13.2 Å². The monoisotopic (exact) mass is 336 g/mol. The molecule has 0 radical (unpaired) electrons. The summed E-state index contributed by atoms with van der Waals surface area (Å²) in [6.07, 6.45) is -0.342. The highest BCUT2D eigenvalue weighted by Crippen LogP contribution is 2.29. The molecule has 0 amide bonds. The molecule has 1 fully saturated rings. The van der Waals surface area contributed by atoms with Gasteiger partial charge in [0.1, 0.15) is 0 Å². The molecule has 0 spiro atoms. The molecular formula is C19H16N2O4. The molecule has 3 aromatic rings. The van der Waals surface area contributed by atoms with E-state index >= 15 is 0 Å².